The molecule has 7 nitrogen and oxygen atoms in total. The first-order valence-electron chi connectivity index (χ1n) is 8.01. The minimum atomic E-state index is -0.384. The average molecular weight is 309 g/mol. The Hall–Kier alpha value is -1.15. The highest BCUT2D eigenvalue weighted by atomic mass is 16.3. The van der Waals surface area contributed by atoms with Gasteiger partial charge in [0.25, 0.3) is 0 Å². The lowest BCUT2D eigenvalue weighted by atomic mass is 9.81. The van der Waals surface area contributed by atoms with Crippen molar-refractivity contribution in [2.45, 2.75) is 63.3 Å². The molecule has 1 heterocycles. The van der Waals surface area contributed by atoms with Gasteiger partial charge in [-0.25, -0.2) is 15.0 Å². The molecule has 4 N–H and O–H groups in total. The first-order chi connectivity index (χ1) is 10.6. The summed E-state index contributed by atoms with van der Waals surface area (Å²) < 4.78 is 0. The van der Waals surface area contributed by atoms with Crippen LogP contribution in [0.4, 0.5) is 0 Å². The monoisotopic (exact) mass is 309 g/mol. The highest BCUT2D eigenvalue weighted by molar-refractivity contribution is 5.04. The Bertz CT molecular complexity index is 429. The molecule has 1 aliphatic carbocycles. The number of nitrogens with zero attached hydrogens (tertiary/aromatic N) is 3. The molecule has 7 heteroatoms. The maximum atomic E-state index is 9.53. The van der Waals surface area contributed by atoms with Crippen molar-refractivity contribution in [2.24, 2.45) is 0 Å². The van der Waals surface area contributed by atoms with E-state index in [0.29, 0.717) is 19.1 Å². The number of aliphatic hydroxyl groups is 2. The smallest absolute Gasteiger partial charge is 0.136 e. The van der Waals surface area contributed by atoms with Crippen LogP contribution in [0, 0.1) is 0 Å². The lowest BCUT2D eigenvalue weighted by Crippen LogP contribution is -2.48. The summed E-state index contributed by atoms with van der Waals surface area (Å²) in [5.74, 6) is 1.04. The minimum absolute atomic E-state index is 0.206. The number of aliphatic hydroxyl groups excluding tert-OH is 2. The van der Waals surface area contributed by atoms with Crippen LogP contribution in [0.2, 0.25) is 0 Å². The van der Waals surface area contributed by atoms with E-state index in [4.69, 9.17) is 0 Å². The van der Waals surface area contributed by atoms with Gasteiger partial charge in [-0.05, 0) is 33.1 Å². The van der Waals surface area contributed by atoms with Crippen LogP contribution in [0.15, 0.2) is 12.7 Å². The fourth-order valence-corrected chi connectivity index (χ4v) is 2.99. The number of aromatic nitrogens is 3. The van der Waals surface area contributed by atoms with Crippen LogP contribution in [0.25, 0.3) is 0 Å². The van der Waals surface area contributed by atoms with Gasteiger partial charge >= 0.3 is 0 Å². The quantitative estimate of drug-likeness (QED) is 0.554. The molecule has 0 bridgehead atoms. The van der Waals surface area contributed by atoms with Crippen molar-refractivity contribution < 1.29 is 10.2 Å². The van der Waals surface area contributed by atoms with Gasteiger partial charge in [-0.3, -0.25) is 0 Å². The lowest BCUT2D eigenvalue weighted by Gasteiger charge is -2.36. The molecule has 1 aromatic rings. The number of hydrogen-bond acceptors (Lipinski definition) is 7. The van der Waals surface area contributed by atoms with Gasteiger partial charge in [-0.15, -0.1) is 0 Å². The Morgan fingerprint density at radius 3 is 2.36 bits per heavy atom. The van der Waals surface area contributed by atoms with Gasteiger partial charge in [0.15, 0.2) is 0 Å². The summed E-state index contributed by atoms with van der Waals surface area (Å²) in [4.78, 5) is 12.5. The van der Waals surface area contributed by atoms with Crippen molar-refractivity contribution in [2.75, 3.05) is 13.1 Å². The molecule has 0 spiro atoms. The van der Waals surface area contributed by atoms with Gasteiger partial charge in [0.05, 0.1) is 12.2 Å². The minimum Gasteiger partial charge on any atom is -0.392 e. The van der Waals surface area contributed by atoms with Crippen LogP contribution >= 0.6 is 0 Å². The van der Waals surface area contributed by atoms with E-state index >= 15 is 0 Å². The maximum absolute atomic E-state index is 9.53. The molecule has 1 aliphatic rings. The average Bonchev–Trinajstić information content (AvgIpc) is 2.51. The molecular formula is C15H27N5O2. The largest absolute Gasteiger partial charge is 0.392 e. The molecule has 0 aliphatic heterocycles. The second-order valence-electron chi connectivity index (χ2n) is 6.23. The number of rotatable bonds is 7. The normalized spacial score (nSPS) is 28.3. The standard InChI is InChI=1S/C15H27N5O2/c1-10(21)6-17-12-3-4-13(15-19-8-16-9-20-15)14(5-12)18-7-11(2)22/h8-14,17-18,21-22H,3-7H2,1-2H3. The van der Waals surface area contributed by atoms with Crippen LogP contribution in [-0.2, 0) is 0 Å². The van der Waals surface area contributed by atoms with Gasteiger partial charge < -0.3 is 20.8 Å². The van der Waals surface area contributed by atoms with E-state index in [2.05, 4.69) is 25.6 Å². The summed E-state index contributed by atoms with van der Waals surface area (Å²) in [5.41, 5.74) is 0. The van der Waals surface area contributed by atoms with Gasteiger partial charge in [0.2, 0.25) is 0 Å². The van der Waals surface area contributed by atoms with Gasteiger partial charge in [-0.2, -0.15) is 0 Å². The summed E-state index contributed by atoms with van der Waals surface area (Å²) in [6.45, 7) is 4.71. The zero-order chi connectivity index (χ0) is 15.9. The highest BCUT2D eigenvalue weighted by Gasteiger charge is 2.33. The molecule has 2 rings (SSSR count). The SMILES string of the molecule is CC(O)CNC1CCC(c2ncncn2)C(NCC(C)O)C1. The fraction of sp³-hybridized carbons (Fsp3) is 0.800. The van der Waals surface area contributed by atoms with Crippen molar-refractivity contribution in [3.8, 4) is 0 Å². The first-order valence-corrected chi connectivity index (χ1v) is 8.01. The molecule has 5 unspecified atom stereocenters. The van der Waals surface area contributed by atoms with Gasteiger partial charge in [0.1, 0.15) is 18.5 Å². The van der Waals surface area contributed by atoms with Crippen LogP contribution in [0.1, 0.15) is 44.9 Å². The number of nitrogens with one attached hydrogen (secondary N) is 2. The summed E-state index contributed by atoms with van der Waals surface area (Å²) in [6, 6.07) is 0.566. The van der Waals surface area contributed by atoms with Crippen molar-refractivity contribution >= 4 is 0 Å². The van der Waals surface area contributed by atoms with Crippen molar-refractivity contribution in [3.05, 3.63) is 18.5 Å². The van der Waals surface area contributed by atoms with Crippen molar-refractivity contribution in [3.63, 3.8) is 0 Å². The molecule has 1 fully saturated rings. The van der Waals surface area contributed by atoms with E-state index < -0.39 is 0 Å². The topological polar surface area (TPSA) is 103 Å². The Morgan fingerprint density at radius 1 is 1.09 bits per heavy atom. The molecule has 124 valence electrons. The predicted molar refractivity (Wildman–Crippen MR) is 83.4 cm³/mol. The molecule has 0 aromatic carbocycles. The summed E-state index contributed by atoms with van der Waals surface area (Å²) >= 11 is 0. The van der Waals surface area contributed by atoms with E-state index in [9.17, 15) is 10.2 Å². The molecule has 22 heavy (non-hydrogen) atoms. The Morgan fingerprint density at radius 2 is 1.73 bits per heavy atom. The predicted octanol–water partition coefficient (Wildman–Crippen LogP) is -0.183. The van der Waals surface area contributed by atoms with Crippen LogP contribution in [0.5, 0.6) is 0 Å². The second-order valence-corrected chi connectivity index (χ2v) is 6.23. The highest BCUT2D eigenvalue weighted by Crippen LogP contribution is 2.31. The van der Waals surface area contributed by atoms with Gasteiger partial charge in [0, 0.05) is 31.1 Å². The number of hydrogen-bond donors (Lipinski definition) is 4. The molecular weight excluding hydrogens is 282 g/mol. The van der Waals surface area contributed by atoms with E-state index in [1.165, 1.54) is 12.7 Å². The Kier molecular flexibility index (Phi) is 6.63. The van der Waals surface area contributed by atoms with E-state index in [1.807, 2.05) is 0 Å². The fourth-order valence-electron chi connectivity index (χ4n) is 2.99. The summed E-state index contributed by atoms with van der Waals surface area (Å²) in [6.07, 6.45) is 5.26. The van der Waals surface area contributed by atoms with E-state index in [1.54, 1.807) is 13.8 Å². The zero-order valence-electron chi connectivity index (χ0n) is 13.3. The molecule has 0 radical (unpaired) electrons. The third-order valence-electron chi connectivity index (χ3n) is 4.07. The van der Waals surface area contributed by atoms with Crippen molar-refractivity contribution in [1.29, 1.82) is 0 Å². The third-order valence-corrected chi connectivity index (χ3v) is 4.07. The molecule has 1 aromatic heterocycles. The maximum Gasteiger partial charge on any atom is 0.136 e. The molecule has 5 atom stereocenters. The zero-order valence-corrected chi connectivity index (χ0v) is 13.3. The first kappa shape index (κ1) is 17.2. The Labute approximate surface area is 131 Å². The third kappa shape index (κ3) is 5.24. The molecule has 0 saturated heterocycles. The second kappa shape index (κ2) is 8.47. The summed E-state index contributed by atoms with van der Waals surface area (Å²) in [5, 5.41) is 25.8. The summed E-state index contributed by atoms with van der Waals surface area (Å²) in [7, 11) is 0. The molecule has 0 amide bonds. The Balaban J connectivity index is 2.00. The van der Waals surface area contributed by atoms with E-state index in [-0.39, 0.29) is 24.2 Å². The van der Waals surface area contributed by atoms with Gasteiger partial charge in [-0.1, -0.05) is 0 Å². The van der Waals surface area contributed by atoms with Crippen LogP contribution < -0.4 is 10.6 Å². The van der Waals surface area contributed by atoms with Crippen LogP contribution in [0.3, 0.4) is 0 Å². The lowest BCUT2D eigenvalue weighted by molar-refractivity contribution is 0.161. The molecule has 1 saturated carbocycles. The van der Waals surface area contributed by atoms with Crippen molar-refractivity contribution in [1.82, 2.24) is 25.6 Å². The van der Waals surface area contributed by atoms with E-state index in [0.717, 1.165) is 25.1 Å². The van der Waals surface area contributed by atoms with Crippen LogP contribution in [-0.4, -0.2) is 62.5 Å².